The Kier molecular flexibility index (Phi) is 10.4. The summed E-state index contributed by atoms with van der Waals surface area (Å²) < 4.78 is 7.00. The smallest absolute Gasteiger partial charge is 0.136 e. The summed E-state index contributed by atoms with van der Waals surface area (Å²) in [5.74, 6) is 0.719. The van der Waals surface area contributed by atoms with Crippen LogP contribution in [0.2, 0.25) is 0 Å². The van der Waals surface area contributed by atoms with Crippen molar-refractivity contribution in [2.45, 2.75) is 102 Å². The lowest BCUT2D eigenvalue weighted by atomic mass is 9.57. The molecule has 3 unspecified atom stereocenters. The fourth-order valence-electron chi connectivity index (χ4n) is 6.28. The first-order chi connectivity index (χ1) is 18.5. The minimum absolute atomic E-state index is 0.0721. The maximum absolute atomic E-state index is 10.7. The Morgan fingerprint density at radius 2 is 1.07 bits per heavy atom. The van der Waals surface area contributed by atoms with Gasteiger partial charge in [-0.05, 0) is 51.7 Å². The Morgan fingerprint density at radius 3 is 1.41 bits per heavy atom. The third-order valence-corrected chi connectivity index (χ3v) is 10.3. The first kappa shape index (κ1) is 35.8. The topological polar surface area (TPSA) is 122 Å². The summed E-state index contributed by atoms with van der Waals surface area (Å²) in [7, 11) is 0. The van der Waals surface area contributed by atoms with Gasteiger partial charge in [-0.3, -0.25) is 0 Å². The average Bonchev–Trinajstić information content (AvgIpc) is 2.86. The molecule has 2 aliphatic rings. The third kappa shape index (κ3) is 6.72. The number of hydrogen-bond donors (Lipinski definition) is 5. The van der Waals surface area contributed by atoms with Crippen molar-refractivity contribution < 1.29 is 20.1 Å². The fraction of sp³-hybridized carbons (Fsp3) is 0.771. The van der Waals surface area contributed by atoms with Crippen molar-refractivity contribution in [3.8, 4) is 0 Å². The SMILES string of the molecule is CC(C)(C)C1=C(OC(C2=C(C(C)(C)C)CC(CN)(C(C)(C)C)C=C2)C(CO)(CO)CO)C=CC(CN)(C(C)(C)C)C1. The molecule has 0 radical (unpaired) electrons. The molecule has 0 aromatic heterocycles. The first-order valence-electron chi connectivity index (χ1n) is 15.3. The van der Waals surface area contributed by atoms with E-state index in [-0.39, 0.29) is 32.5 Å². The van der Waals surface area contributed by atoms with Crippen molar-refractivity contribution in [1.29, 1.82) is 0 Å². The van der Waals surface area contributed by atoms with E-state index in [4.69, 9.17) is 16.2 Å². The molecule has 0 heterocycles. The molecule has 7 N–H and O–H groups in total. The van der Waals surface area contributed by atoms with Crippen molar-refractivity contribution in [1.82, 2.24) is 0 Å². The van der Waals surface area contributed by atoms with Gasteiger partial charge in [0.2, 0.25) is 0 Å². The third-order valence-electron chi connectivity index (χ3n) is 10.3. The van der Waals surface area contributed by atoms with E-state index in [9.17, 15) is 15.3 Å². The van der Waals surface area contributed by atoms with E-state index in [2.05, 4.69) is 101 Å². The first-order valence-corrected chi connectivity index (χ1v) is 15.3. The Bertz CT molecular complexity index is 1040. The van der Waals surface area contributed by atoms with E-state index in [0.717, 1.165) is 35.3 Å². The molecular weight excluding hydrogens is 512 g/mol. The van der Waals surface area contributed by atoms with Crippen LogP contribution >= 0.6 is 0 Å². The maximum Gasteiger partial charge on any atom is 0.136 e. The zero-order valence-corrected chi connectivity index (χ0v) is 28.2. The molecule has 0 amide bonds. The summed E-state index contributed by atoms with van der Waals surface area (Å²) in [6.45, 7) is 26.1. The second-order valence-electron chi connectivity index (χ2n) is 16.9. The van der Waals surface area contributed by atoms with Crippen LogP contribution in [0.3, 0.4) is 0 Å². The molecule has 0 fully saturated rings. The van der Waals surface area contributed by atoms with Gasteiger partial charge in [-0.25, -0.2) is 0 Å². The van der Waals surface area contributed by atoms with Gasteiger partial charge in [0.05, 0.1) is 25.2 Å². The molecule has 0 saturated carbocycles. The highest BCUT2D eigenvalue weighted by molar-refractivity contribution is 5.43. The van der Waals surface area contributed by atoms with Gasteiger partial charge in [-0.1, -0.05) is 107 Å². The van der Waals surface area contributed by atoms with Crippen LogP contribution in [0.15, 0.2) is 46.8 Å². The predicted octanol–water partition coefficient (Wildman–Crippen LogP) is 5.88. The van der Waals surface area contributed by atoms with Gasteiger partial charge in [0.25, 0.3) is 0 Å². The highest BCUT2D eigenvalue weighted by Crippen LogP contribution is 2.54. The number of rotatable bonds is 9. The van der Waals surface area contributed by atoms with Crippen LogP contribution in [0.4, 0.5) is 0 Å². The molecule has 236 valence electrons. The highest BCUT2D eigenvalue weighted by atomic mass is 16.5. The maximum atomic E-state index is 10.7. The van der Waals surface area contributed by atoms with E-state index < -0.39 is 31.3 Å². The largest absolute Gasteiger partial charge is 0.485 e. The average molecular weight is 575 g/mol. The number of allylic oxidation sites excluding steroid dienone is 3. The number of hydrogen-bond acceptors (Lipinski definition) is 6. The Morgan fingerprint density at radius 1 is 0.683 bits per heavy atom. The van der Waals surface area contributed by atoms with Crippen LogP contribution in [0.5, 0.6) is 0 Å². The summed E-state index contributed by atoms with van der Waals surface area (Å²) in [5.41, 5.74) is 13.6. The molecular formula is C35H62N2O4. The molecule has 0 aliphatic heterocycles. The summed E-state index contributed by atoms with van der Waals surface area (Å²) in [4.78, 5) is 0. The fourth-order valence-corrected chi connectivity index (χ4v) is 6.28. The zero-order valence-electron chi connectivity index (χ0n) is 28.2. The van der Waals surface area contributed by atoms with Crippen LogP contribution in [0.25, 0.3) is 0 Å². The van der Waals surface area contributed by atoms with Crippen molar-refractivity contribution >= 4 is 0 Å². The molecule has 3 atom stereocenters. The lowest BCUT2D eigenvalue weighted by Crippen LogP contribution is -2.50. The Labute approximate surface area is 251 Å². The zero-order chi connectivity index (χ0) is 31.9. The highest BCUT2D eigenvalue weighted by Gasteiger charge is 2.50. The summed E-state index contributed by atoms with van der Waals surface area (Å²) >= 11 is 0. The van der Waals surface area contributed by atoms with Gasteiger partial charge in [0.1, 0.15) is 11.9 Å². The lowest BCUT2D eigenvalue weighted by Gasteiger charge is -2.50. The monoisotopic (exact) mass is 574 g/mol. The molecule has 2 rings (SSSR count). The molecule has 0 aromatic rings. The van der Waals surface area contributed by atoms with Gasteiger partial charge in [-0.15, -0.1) is 0 Å². The number of ether oxygens (including phenoxy) is 1. The van der Waals surface area contributed by atoms with Gasteiger partial charge in [-0.2, -0.15) is 0 Å². The van der Waals surface area contributed by atoms with Crippen molar-refractivity contribution in [2.75, 3.05) is 32.9 Å². The van der Waals surface area contributed by atoms with Crippen LogP contribution < -0.4 is 11.5 Å². The van der Waals surface area contributed by atoms with Crippen molar-refractivity contribution in [3.63, 3.8) is 0 Å². The number of nitrogens with two attached hydrogens (primary N) is 2. The molecule has 41 heavy (non-hydrogen) atoms. The van der Waals surface area contributed by atoms with Crippen molar-refractivity contribution in [3.05, 3.63) is 46.8 Å². The van der Waals surface area contributed by atoms with Gasteiger partial charge >= 0.3 is 0 Å². The van der Waals surface area contributed by atoms with E-state index in [1.165, 1.54) is 0 Å². The van der Waals surface area contributed by atoms with Crippen LogP contribution in [-0.2, 0) is 4.74 Å². The molecule has 2 aliphatic carbocycles. The second-order valence-corrected chi connectivity index (χ2v) is 16.9. The molecule has 0 saturated heterocycles. The van der Waals surface area contributed by atoms with E-state index in [0.29, 0.717) is 13.1 Å². The van der Waals surface area contributed by atoms with E-state index in [1.54, 1.807) is 0 Å². The quantitative estimate of drug-likeness (QED) is 0.234. The normalized spacial score (nSPS) is 25.7. The molecule has 0 spiro atoms. The van der Waals surface area contributed by atoms with Crippen LogP contribution in [0.1, 0.15) is 95.9 Å². The summed E-state index contributed by atoms with van der Waals surface area (Å²) in [6, 6.07) is 0. The number of aliphatic hydroxyl groups excluding tert-OH is 3. The Hall–Kier alpha value is -1.44. The lowest BCUT2D eigenvalue weighted by molar-refractivity contribution is -0.0786. The van der Waals surface area contributed by atoms with Crippen LogP contribution in [0, 0.1) is 37.9 Å². The number of aliphatic hydroxyl groups is 3. The molecule has 6 heteroatoms. The Balaban J connectivity index is 2.88. The van der Waals surface area contributed by atoms with E-state index >= 15 is 0 Å². The molecule has 6 nitrogen and oxygen atoms in total. The predicted molar refractivity (Wildman–Crippen MR) is 171 cm³/mol. The summed E-state index contributed by atoms with van der Waals surface area (Å²) in [6.07, 6.45) is 9.17. The standard InChI is InChI=1S/C35H62N2O4/c1-29(2,3)25-17-34(19-36,31(7,8)9)15-13-24(25)28(33(21-38,22-39)23-40)41-27-14-16-35(20-37,32(10,11)12)18-26(27)30(4,5)6/h13-16,28,38-40H,17-23,36-37H2,1-12H3. The van der Waals surface area contributed by atoms with Gasteiger partial charge in [0.15, 0.2) is 0 Å². The van der Waals surface area contributed by atoms with Gasteiger partial charge < -0.3 is 31.5 Å². The molecule has 0 bridgehead atoms. The molecule has 0 aromatic carbocycles. The van der Waals surface area contributed by atoms with E-state index in [1.807, 2.05) is 6.08 Å². The minimum atomic E-state index is -1.31. The van der Waals surface area contributed by atoms with Gasteiger partial charge in [0, 0.05) is 23.9 Å². The van der Waals surface area contributed by atoms with Crippen molar-refractivity contribution in [2.24, 2.45) is 49.4 Å². The van der Waals surface area contributed by atoms with Crippen LogP contribution in [-0.4, -0.2) is 54.3 Å². The minimum Gasteiger partial charge on any atom is -0.485 e. The summed E-state index contributed by atoms with van der Waals surface area (Å²) in [5, 5.41) is 32.1. The second kappa shape index (κ2) is 11.9.